The van der Waals surface area contributed by atoms with Crippen LogP contribution in [0.25, 0.3) is 0 Å². The Hall–Kier alpha value is -3.29. The molecule has 1 heterocycles. The Kier molecular flexibility index (Phi) is 3.87. The number of nitrogens with zero attached hydrogens (tertiary/aromatic N) is 4. The number of nitriles is 1. The Morgan fingerprint density at radius 2 is 1.73 bits per heavy atom. The number of benzene rings is 3. The number of rotatable bonds is 2. The Bertz CT molecular complexity index is 1050. The predicted molar refractivity (Wildman–Crippen MR) is 103 cm³/mol. The Labute approximate surface area is 153 Å². The van der Waals surface area contributed by atoms with Crippen molar-refractivity contribution >= 4 is 22.7 Å². The monoisotopic (exact) mass is 340 g/mol. The highest BCUT2D eigenvalue weighted by Crippen LogP contribution is 2.44. The lowest BCUT2D eigenvalue weighted by molar-refractivity contribution is -0.527. The summed E-state index contributed by atoms with van der Waals surface area (Å²) in [6.45, 7) is 2.70. The number of hydrogen-bond acceptors (Lipinski definition) is 2. The molecule has 1 aliphatic heterocycles. The van der Waals surface area contributed by atoms with Crippen LogP contribution in [0.1, 0.15) is 11.1 Å². The zero-order chi connectivity index (χ0) is 18.1. The van der Waals surface area contributed by atoms with Crippen molar-refractivity contribution in [1.82, 2.24) is 4.48 Å². The van der Waals surface area contributed by atoms with Crippen molar-refractivity contribution in [3.63, 3.8) is 0 Å². The van der Waals surface area contributed by atoms with Crippen molar-refractivity contribution in [2.45, 2.75) is 6.92 Å². The van der Waals surface area contributed by atoms with Gasteiger partial charge in [-0.05, 0) is 41.5 Å². The summed E-state index contributed by atoms with van der Waals surface area (Å²) in [4.78, 5) is 0. The van der Waals surface area contributed by atoms with E-state index in [4.69, 9.17) is 5.11 Å². The summed E-state index contributed by atoms with van der Waals surface area (Å²) in [5.74, 6) is 0. The van der Waals surface area contributed by atoms with E-state index in [0.29, 0.717) is 16.7 Å². The number of quaternary nitrogens is 1. The third kappa shape index (κ3) is 2.59. The number of para-hydroxylation sites is 2. The molecule has 1 unspecified atom stereocenters. The topological polar surface area (TPSA) is 39.2 Å². The van der Waals surface area contributed by atoms with Gasteiger partial charge in [-0.3, -0.25) is 0 Å². The summed E-state index contributed by atoms with van der Waals surface area (Å²) < 4.78 is 2.55. The highest BCUT2D eigenvalue weighted by atomic mass is 15.5. The van der Waals surface area contributed by atoms with Crippen LogP contribution in [0.4, 0.5) is 22.7 Å². The van der Waals surface area contributed by atoms with E-state index in [2.05, 4.69) is 62.5 Å². The molecule has 0 N–H and O–H groups in total. The molecule has 0 saturated heterocycles. The first kappa shape index (κ1) is 16.2. The summed E-state index contributed by atoms with van der Waals surface area (Å²) in [5.41, 5.74) is 5.92. The fraction of sp³-hybridized carbons (Fsp3) is 0.136. The molecule has 0 bridgehead atoms. The van der Waals surface area contributed by atoms with Gasteiger partial charge in [-0.1, -0.05) is 36.4 Å². The first-order chi connectivity index (χ1) is 12.6. The molecule has 0 amide bonds. The number of azo groups is 2. The minimum atomic E-state index is 0.597. The molecule has 3 aromatic carbocycles. The van der Waals surface area contributed by atoms with Gasteiger partial charge in [0.05, 0.1) is 7.05 Å². The average Bonchev–Trinajstić information content (AvgIpc) is 2.68. The molecule has 0 spiro atoms. The average molecular weight is 340 g/mol. The maximum Gasteiger partial charge on any atom is 0.311 e. The normalized spacial score (nSPS) is 18.6. The van der Waals surface area contributed by atoms with Gasteiger partial charge in [0.25, 0.3) is 5.69 Å². The minimum Gasteiger partial charge on any atom is -0.202 e. The summed E-state index contributed by atoms with van der Waals surface area (Å²) >= 11 is 0. The predicted octanol–water partition coefficient (Wildman–Crippen LogP) is 5.53. The maximum atomic E-state index is 9.51. The third-order valence-corrected chi connectivity index (χ3v) is 4.94. The Morgan fingerprint density at radius 3 is 2.50 bits per heavy atom. The van der Waals surface area contributed by atoms with E-state index in [1.54, 1.807) is 0 Å². The quantitative estimate of drug-likeness (QED) is 0.446. The number of aryl methyl sites for hydroxylation is 1. The second-order valence-electron chi connectivity index (χ2n) is 6.79. The highest BCUT2D eigenvalue weighted by molar-refractivity contribution is 5.71. The van der Waals surface area contributed by atoms with E-state index in [-0.39, 0.29) is 0 Å². The van der Waals surface area contributed by atoms with Gasteiger partial charge in [-0.25, -0.2) is 4.48 Å². The van der Waals surface area contributed by atoms with Gasteiger partial charge in [0.1, 0.15) is 17.3 Å². The summed E-state index contributed by atoms with van der Waals surface area (Å²) in [6, 6.07) is 26.8. The van der Waals surface area contributed by atoms with E-state index in [9.17, 15) is 5.26 Å². The van der Waals surface area contributed by atoms with Gasteiger partial charge in [-0.2, -0.15) is 5.26 Å². The molecular weight excluding hydrogens is 320 g/mol. The van der Waals surface area contributed by atoms with Crippen LogP contribution in [0.3, 0.4) is 0 Å². The second kappa shape index (κ2) is 6.21. The molecule has 0 aliphatic carbocycles. The minimum absolute atomic E-state index is 0.597. The molecular formula is C22H20N4+2. The van der Waals surface area contributed by atoms with Gasteiger partial charge in [0.2, 0.25) is 0 Å². The van der Waals surface area contributed by atoms with Crippen LogP contribution in [0.5, 0.6) is 0 Å². The molecule has 4 nitrogen and oxygen atoms in total. The molecule has 0 aromatic heterocycles. The van der Waals surface area contributed by atoms with Crippen molar-refractivity contribution in [1.29, 1.82) is 5.26 Å². The third-order valence-electron chi connectivity index (χ3n) is 4.94. The number of fused-ring (bicyclic) bond motifs is 1. The fourth-order valence-electron chi connectivity index (χ4n) is 3.54. The first-order valence-electron chi connectivity index (χ1n) is 8.62. The van der Waals surface area contributed by atoms with Crippen LogP contribution in [0.2, 0.25) is 0 Å². The zero-order valence-electron chi connectivity index (χ0n) is 14.9. The highest BCUT2D eigenvalue weighted by Gasteiger charge is 2.42. The van der Waals surface area contributed by atoms with Crippen LogP contribution < -0.4 is 4.48 Å². The fourth-order valence-corrected chi connectivity index (χ4v) is 3.54. The van der Waals surface area contributed by atoms with E-state index < -0.39 is 0 Å². The van der Waals surface area contributed by atoms with E-state index in [0.717, 1.165) is 17.1 Å². The second-order valence-corrected chi connectivity index (χ2v) is 6.79. The first-order valence-corrected chi connectivity index (χ1v) is 8.62. The van der Waals surface area contributed by atoms with Crippen LogP contribution in [0, 0.1) is 18.3 Å². The van der Waals surface area contributed by atoms with E-state index in [1.807, 2.05) is 35.0 Å². The smallest absolute Gasteiger partial charge is 0.202 e. The van der Waals surface area contributed by atoms with Crippen molar-refractivity contribution < 1.29 is 4.70 Å². The lowest BCUT2D eigenvalue weighted by Gasteiger charge is -2.33. The number of hydrogen-bond donors (Lipinski definition) is 0. The van der Waals surface area contributed by atoms with E-state index in [1.165, 1.54) is 11.3 Å². The molecule has 26 heavy (non-hydrogen) atoms. The van der Waals surface area contributed by atoms with Crippen LogP contribution in [-0.2, 0) is 0 Å². The lowest BCUT2D eigenvalue weighted by atomic mass is 10.1. The Morgan fingerprint density at radius 1 is 1.00 bits per heavy atom. The van der Waals surface area contributed by atoms with Crippen LogP contribution in [-0.4, -0.2) is 18.4 Å². The summed E-state index contributed by atoms with van der Waals surface area (Å²) in [5, 5.41) is 14.4. The molecule has 3 aromatic rings. The molecule has 0 fully saturated rings. The van der Waals surface area contributed by atoms with Crippen molar-refractivity contribution in [3.05, 3.63) is 83.9 Å². The van der Waals surface area contributed by atoms with Crippen molar-refractivity contribution in [2.75, 3.05) is 13.7 Å². The molecule has 4 rings (SSSR count). The van der Waals surface area contributed by atoms with Gasteiger partial charge in [0, 0.05) is 17.2 Å². The Balaban J connectivity index is 1.96. The largest absolute Gasteiger partial charge is 0.311 e. The lowest BCUT2D eigenvalue weighted by Crippen LogP contribution is -2.46. The van der Waals surface area contributed by atoms with Crippen LogP contribution >= 0.6 is 0 Å². The van der Waals surface area contributed by atoms with Crippen LogP contribution in [0.15, 0.2) is 77.9 Å². The maximum absolute atomic E-state index is 9.51. The van der Waals surface area contributed by atoms with Gasteiger partial charge >= 0.3 is 6.67 Å². The molecule has 1 aliphatic rings. The molecule has 4 heteroatoms. The summed E-state index contributed by atoms with van der Waals surface area (Å²) in [6.07, 6.45) is 0. The molecule has 1 atom stereocenters. The van der Waals surface area contributed by atoms with Gasteiger partial charge in [-0.15, -0.1) is 0 Å². The van der Waals surface area contributed by atoms with E-state index >= 15 is 0 Å². The molecule has 126 valence electrons. The standard InChI is InChI=1S/C22H20N4/c1-17-12-13-22-20(14-17)24-25(21-11-7-6-8-18(21)15-23)16-26(22,2)19-9-4-3-5-10-19/h3-14H,16H2,1-2H3/q+2. The van der Waals surface area contributed by atoms with Crippen molar-refractivity contribution in [3.8, 4) is 6.07 Å². The van der Waals surface area contributed by atoms with Crippen molar-refractivity contribution in [2.24, 2.45) is 5.11 Å². The SMILES string of the molecule is Cc1ccc2c(c1)N=[N+](c1ccccc1C#N)C[N+]2(C)c1ccccc1. The van der Waals surface area contributed by atoms with Gasteiger partial charge in [0.15, 0.2) is 11.4 Å². The zero-order valence-corrected chi connectivity index (χ0v) is 14.9. The molecule has 0 saturated carbocycles. The summed E-state index contributed by atoms with van der Waals surface area (Å²) in [7, 11) is 2.19. The van der Waals surface area contributed by atoms with Gasteiger partial charge < -0.3 is 0 Å². The molecule has 0 radical (unpaired) electrons.